The van der Waals surface area contributed by atoms with Crippen LogP contribution in [0.1, 0.15) is 44.9 Å². The van der Waals surface area contributed by atoms with E-state index in [1.165, 1.54) is 6.42 Å². The smallest absolute Gasteiger partial charge is 0.324 e. The molecule has 1 aliphatic heterocycles. The molecule has 1 aromatic heterocycles. The zero-order valence-corrected chi connectivity index (χ0v) is 15.9. The standard InChI is InChI=1S/C18H24N4O3S/c1-18(2)14(15(18)21-26(23,24)13-9-5-3-6-10-13)16-19-17(25-20-16)22-11-7-4-8-12-22/h3,5-6,9-10,14-15,21H,4,7-8,11-12H2,1-2H3/t14-,15-/m1/s1. The van der Waals surface area contributed by atoms with Crippen molar-refractivity contribution in [2.75, 3.05) is 18.0 Å². The van der Waals surface area contributed by atoms with Gasteiger partial charge in [-0.1, -0.05) is 37.2 Å². The van der Waals surface area contributed by atoms with E-state index in [9.17, 15) is 8.42 Å². The second-order valence-corrected chi connectivity index (χ2v) is 9.41. The summed E-state index contributed by atoms with van der Waals surface area (Å²) in [6.45, 7) is 5.90. The third kappa shape index (κ3) is 3.12. The first-order valence-electron chi connectivity index (χ1n) is 9.05. The van der Waals surface area contributed by atoms with Crippen LogP contribution >= 0.6 is 0 Å². The number of anilines is 1. The predicted octanol–water partition coefficient (Wildman–Crippen LogP) is 2.53. The Morgan fingerprint density at radius 3 is 2.54 bits per heavy atom. The first-order chi connectivity index (χ1) is 12.4. The number of aromatic nitrogens is 2. The molecule has 2 aliphatic rings. The molecule has 140 valence electrons. The quantitative estimate of drug-likeness (QED) is 0.863. The summed E-state index contributed by atoms with van der Waals surface area (Å²) < 4.78 is 33.5. The number of piperidine rings is 1. The van der Waals surface area contributed by atoms with Crippen molar-refractivity contribution < 1.29 is 12.9 Å². The number of sulfonamides is 1. The molecule has 2 atom stereocenters. The average Bonchev–Trinajstić information content (AvgIpc) is 3.00. The summed E-state index contributed by atoms with van der Waals surface area (Å²) in [5.74, 6) is 0.486. The molecule has 1 saturated carbocycles. The van der Waals surface area contributed by atoms with Gasteiger partial charge in [0.1, 0.15) is 0 Å². The van der Waals surface area contributed by atoms with Crippen LogP contribution in [0.4, 0.5) is 6.01 Å². The highest BCUT2D eigenvalue weighted by molar-refractivity contribution is 7.89. The van der Waals surface area contributed by atoms with Crippen LogP contribution in [0.2, 0.25) is 0 Å². The third-order valence-electron chi connectivity index (χ3n) is 5.50. The molecule has 1 saturated heterocycles. The van der Waals surface area contributed by atoms with Crippen molar-refractivity contribution in [3.63, 3.8) is 0 Å². The summed E-state index contributed by atoms with van der Waals surface area (Å²) in [4.78, 5) is 6.93. The van der Waals surface area contributed by atoms with Gasteiger partial charge in [0.15, 0.2) is 5.82 Å². The van der Waals surface area contributed by atoms with Gasteiger partial charge >= 0.3 is 6.01 Å². The van der Waals surface area contributed by atoms with Gasteiger partial charge in [0.25, 0.3) is 0 Å². The van der Waals surface area contributed by atoms with E-state index in [1.54, 1.807) is 30.3 Å². The van der Waals surface area contributed by atoms with Crippen LogP contribution in [0.5, 0.6) is 0 Å². The fraction of sp³-hybridized carbons (Fsp3) is 0.556. The van der Waals surface area contributed by atoms with Crippen LogP contribution in [-0.4, -0.2) is 37.7 Å². The van der Waals surface area contributed by atoms with Gasteiger partial charge in [-0.25, -0.2) is 13.1 Å². The van der Waals surface area contributed by atoms with Gasteiger partial charge in [0.2, 0.25) is 10.0 Å². The summed E-state index contributed by atoms with van der Waals surface area (Å²) in [5, 5.41) is 4.14. The molecular weight excluding hydrogens is 352 g/mol. The molecular formula is C18H24N4O3S. The molecule has 4 rings (SSSR count). The maximum Gasteiger partial charge on any atom is 0.324 e. The third-order valence-corrected chi connectivity index (χ3v) is 6.96. The molecule has 0 radical (unpaired) electrons. The first-order valence-corrected chi connectivity index (χ1v) is 10.5. The lowest BCUT2D eigenvalue weighted by Crippen LogP contribution is -2.29. The Morgan fingerprint density at radius 2 is 1.85 bits per heavy atom. The normalized spacial score (nSPS) is 25.2. The van der Waals surface area contributed by atoms with Gasteiger partial charge < -0.3 is 9.42 Å². The molecule has 2 aromatic rings. The number of nitrogens with one attached hydrogen (secondary N) is 1. The summed E-state index contributed by atoms with van der Waals surface area (Å²) in [6.07, 6.45) is 3.49. The van der Waals surface area contributed by atoms with Crippen molar-refractivity contribution >= 4 is 16.0 Å². The van der Waals surface area contributed by atoms with Crippen LogP contribution < -0.4 is 9.62 Å². The Balaban J connectivity index is 1.51. The number of hydrogen-bond donors (Lipinski definition) is 1. The van der Waals surface area contributed by atoms with Crippen LogP contribution in [0.15, 0.2) is 39.8 Å². The molecule has 0 spiro atoms. The molecule has 0 unspecified atom stereocenters. The summed E-state index contributed by atoms with van der Waals surface area (Å²) in [5.41, 5.74) is -0.259. The Kier molecular flexibility index (Phi) is 4.27. The fourth-order valence-electron chi connectivity index (χ4n) is 3.74. The van der Waals surface area contributed by atoms with E-state index >= 15 is 0 Å². The van der Waals surface area contributed by atoms with E-state index in [0.717, 1.165) is 25.9 Å². The molecule has 0 amide bonds. The maximum atomic E-state index is 12.6. The second kappa shape index (κ2) is 6.35. The van der Waals surface area contributed by atoms with E-state index in [4.69, 9.17) is 4.52 Å². The minimum atomic E-state index is -3.57. The van der Waals surface area contributed by atoms with Crippen LogP contribution in [-0.2, 0) is 10.0 Å². The Bertz CT molecular complexity index is 873. The molecule has 7 nitrogen and oxygen atoms in total. The van der Waals surface area contributed by atoms with Crippen molar-refractivity contribution in [3.05, 3.63) is 36.2 Å². The molecule has 2 heterocycles. The van der Waals surface area contributed by atoms with Crippen molar-refractivity contribution in [1.29, 1.82) is 0 Å². The minimum absolute atomic E-state index is 0.0942. The highest BCUT2D eigenvalue weighted by Crippen LogP contribution is 2.58. The zero-order chi connectivity index (χ0) is 18.4. The van der Waals surface area contributed by atoms with E-state index in [1.807, 2.05) is 13.8 Å². The molecule has 26 heavy (non-hydrogen) atoms. The molecule has 1 aromatic carbocycles. The first kappa shape index (κ1) is 17.5. The van der Waals surface area contributed by atoms with E-state index < -0.39 is 10.0 Å². The van der Waals surface area contributed by atoms with E-state index in [0.29, 0.717) is 11.8 Å². The fourth-order valence-corrected chi connectivity index (χ4v) is 5.17. The van der Waals surface area contributed by atoms with Crippen LogP contribution in [0.25, 0.3) is 0 Å². The van der Waals surface area contributed by atoms with Crippen LogP contribution in [0, 0.1) is 5.41 Å². The average molecular weight is 376 g/mol. The number of rotatable bonds is 5. The molecule has 1 N–H and O–H groups in total. The van der Waals surface area contributed by atoms with E-state index in [2.05, 4.69) is 19.8 Å². The maximum absolute atomic E-state index is 12.6. The summed E-state index contributed by atoms with van der Waals surface area (Å²) in [6, 6.07) is 8.71. The van der Waals surface area contributed by atoms with Crippen molar-refractivity contribution in [2.45, 2.75) is 50.0 Å². The van der Waals surface area contributed by atoms with Crippen LogP contribution in [0.3, 0.4) is 0 Å². The molecule has 0 bridgehead atoms. The Morgan fingerprint density at radius 1 is 1.15 bits per heavy atom. The summed E-state index contributed by atoms with van der Waals surface area (Å²) in [7, 11) is -3.57. The lowest BCUT2D eigenvalue weighted by atomic mass is 10.1. The molecule has 2 fully saturated rings. The van der Waals surface area contributed by atoms with Gasteiger partial charge in [-0.15, -0.1) is 0 Å². The van der Waals surface area contributed by atoms with Gasteiger partial charge in [-0.05, 0) is 36.8 Å². The molecule has 8 heteroatoms. The number of benzene rings is 1. The lowest BCUT2D eigenvalue weighted by molar-refractivity contribution is 0.394. The topological polar surface area (TPSA) is 88.3 Å². The van der Waals surface area contributed by atoms with Gasteiger partial charge in [-0.3, -0.25) is 0 Å². The predicted molar refractivity (Wildman–Crippen MR) is 97.4 cm³/mol. The zero-order valence-electron chi connectivity index (χ0n) is 15.1. The van der Waals surface area contributed by atoms with Gasteiger partial charge in [0, 0.05) is 25.0 Å². The molecule has 1 aliphatic carbocycles. The summed E-state index contributed by atoms with van der Waals surface area (Å²) >= 11 is 0. The second-order valence-electron chi connectivity index (χ2n) is 7.69. The monoisotopic (exact) mass is 376 g/mol. The largest absolute Gasteiger partial charge is 0.324 e. The van der Waals surface area contributed by atoms with Crippen molar-refractivity contribution in [1.82, 2.24) is 14.9 Å². The van der Waals surface area contributed by atoms with Crippen molar-refractivity contribution in [2.24, 2.45) is 5.41 Å². The number of hydrogen-bond acceptors (Lipinski definition) is 6. The Labute approximate surface area is 153 Å². The minimum Gasteiger partial charge on any atom is -0.324 e. The Hall–Kier alpha value is -1.93. The number of nitrogens with zero attached hydrogens (tertiary/aromatic N) is 3. The van der Waals surface area contributed by atoms with Crippen molar-refractivity contribution in [3.8, 4) is 0 Å². The van der Waals surface area contributed by atoms with Gasteiger partial charge in [-0.2, -0.15) is 4.98 Å². The highest BCUT2D eigenvalue weighted by Gasteiger charge is 2.62. The van der Waals surface area contributed by atoms with E-state index in [-0.39, 0.29) is 22.3 Å². The SMILES string of the molecule is CC1(C)[C@H](NS(=O)(=O)c2ccccc2)[C@@H]1c1noc(N2CCCCC2)n1. The van der Waals surface area contributed by atoms with Gasteiger partial charge in [0.05, 0.1) is 4.90 Å². The highest BCUT2D eigenvalue weighted by atomic mass is 32.2. The lowest BCUT2D eigenvalue weighted by Gasteiger charge is -2.23.